The SMILES string of the molecule is CC(C)(C)c1ccccc1[P](=O)c1ccc(O)cc1. The van der Waals surface area contributed by atoms with Gasteiger partial charge in [-0.3, -0.25) is 4.57 Å². The molecule has 2 rings (SSSR count). The molecule has 0 aliphatic carbocycles. The molecule has 2 aromatic rings. The van der Waals surface area contributed by atoms with Gasteiger partial charge in [-0.2, -0.15) is 0 Å². The average Bonchev–Trinajstić information content (AvgIpc) is 2.38. The first-order chi connectivity index (χ1) is 8.89. The Bertz CT molecular complexity index is 595. The summed E-state index contributed by atoms with van der Waals surface area (Å²) in [6.45, 7) is 6.35. The van der Waals surface area contributed by atoms with Crippen molar-refractivity contribution in [2.24, 2.45) is 0 Å². The predicted molar refractivity (Wildman–Crippen MR) is 80.1 cm³/mol. The molecule has 19 heavy (non-hydrogen) atoms. The number of aromatic hydroxyl groups is 1. The molecule has 0 bridgehead atoms. The van der Waals surface area contributed by atoms with Gasteiger partial charge in [0.1, 0.15) is 13.6 Å². The van der Waals surface area contributed by atoms with Crippen LogP contribution in [0.2, 0.25) is 0 Å². The van der Waals surface area contributed by atoms with Crippen LogP contribution in [0.1, 0.15) is 26.3 Å². The van der Waals surface area contributed by atoms with Crippen LogP contribution in [0.3, 0.4) is 0 Å². The van der Waals surface area contributed by atoms with Gasteiger partial charge >= 0.3 is 0 Å². The van der Waals surface area contributed by atoms with Gasteiger partial charge < -0.3 is 5.11 Å². The molecule has 0 heterocycles. The Kier molecular flexibility index (Phi) is 3.73. The first kappa shape index (κ1) is 13.8. The number of hydrogen-bond acceptors (Lipinski definition) is 2. The van der Waals surface area contributed by atoms with Crippen molar-refractivity contribution in [3.05, 3.63) is 54.1 Å². The lowest BCUT2D eigenvalue weighted by molar-refractivity contribution is 0.475. The largest absolute Gasteiger partial charge is 0.508 e. The van der Waals surface area contributed by atoms with Gasteiger partial charge in [0.15, 0.2) is 0 Å². The molecule has 2 aromatic carbocycles. The number of rotatable bonds is 2. The van der Waals surface area contributed by atoms with Crippen molar-refractivity contribution in [3.8, 4) is 5.75 Å². The molecule has 1 N–H and O–H groups in total. The van der Waals surface area contributed by atoms with Crippen LogP contribution in [0.15, 0.2) is 48.5 Å². The number of phenols is 1. The second-order valence-electron chi connectivity index (χ2n) is 5.58. The molecule has 1 atom stereocenters. The van der Waals surface area contributed by atoms with Crippen molar-refractivity contribution in [3.63, 3.8) is 0 Å². The fourth-order valence-corrected chi connectivity index (χ4v) is 3.56. The van der Waals surface area contributed by atoms with Crippen molar-refractivity contribution in [1.29, 1.82) is 0 Å². The van der Waals surface area contributed by atoms with E-state index in [1.165, 1.54) is 0 Å². The van der Waals surface area contributed by atoms with E-state index >= 15 is 0 Å². The van der Waals surface area contributed by atoms with Crippen LogP contribution in [0.5, 0.6) is 5.75 Å². The second kappa shape index (κ2) is 5.14. The molecule has 0 fully saturated rings. The van der Waals surface area contributed by atoms with Gasteiger partial charge in [0.25, 0.3) is 0 Å². The summed E-state index contributed by atoms with van der Waals surface area (Å²) in [7, 11) is -1.63. The maximum absolute atomic E-state index is 12.7. The summed E-state index contributed by atoms with van der Waals surface area (Å²) in [5.74, 6) is 0.191. The molecule has 0 spiro atoms. The van der Waals surface area contributed by atoms with Crippen LogP contribution in [0.4, 0.5) is 0 Å². The zero-order valence-electron chi connectivity index (χ0n) is 11.4. The topological polar surface area (TPSA) is 37.3 Å². The zero-order chi connectivity index (χ0) is 14.0. The molecule has 1 radical (unpaired) electrons. The highest BCUT2D eigenvalue weighted by Gasteiger charge is 2.21. The van der Waals surface area contributed by atoms with Gasteiger partial charge in [0.2, 0.25) is 0 Å². The highest BCUT2D eigenvalue weighted by atomic mass is 31.1. The van der Waals surface area contributed by atoms with Crippen LogP contribution >= 0.6 is 7.80 Å². The van der Waals surface area contributed by atoms with E-state index in [0.717, 1.165) is 16.2 Å². The first-order valence-electron chi connectivity index (χ1n) is 6.25. The second-order valence-corrected chi connectivity index (χ2v) is 7.16. The van der Waals surface area contributed by atoms with E-state index in [4.69, 9.17) is 0 Å². The van der Waals surface area contributed by atoms with E-state index < -0.39 is 7.80 Å². The van der Waals surface area contributed by atoms with Gasteiger partial charge in [-0.1, -0.05) is 39.0 Å². The fraction of sp³-hybridized carbons (Fsp3) is 0.250. The number of benzene rings is 2. The Hall–Kier alpha value is -1.66. The predicted octanol–water partition coefficient (Wildman–Crippen LogP) is 3.47. The normalized spacial score (nSPS) is 12.3. The molecule has 0 saturated heterocycles. The minimum atomic E-state index is -1.63. The van der Waals surface area contributed by atoms with Crippen molar-refractivity contribution in [2.45, 2.75) is 26.2 Å². The Morgan fingerprint density at radius 3 is 2.11 bits per heavy atom. The summed E-state index contributed by atoms with van der Waals surface area (Å²) in [6.07, 6.45) is 0. The molecular formula is C16H18O2P. The van der Waals surface area contributed by atoms with E-state index in [2.05, 4.69) is 20.8 Å². The van der Waals surface area contributed by atoms with Crippen LogP contribution in [-0.4, -0.2) is 5.11 Å². The number of phenolic OH excluding ortho intramolecular Hbond substituents is 1. The quantitative estimate of drug-likeness (QED) is 0.851. The van der Waals surface area contributed by atoms with E-state index in [1.54, 1.807) is 24.3 Å². The minimum absolute atomic E-state index is 0.0431. The Morgan fingerprint density at radius 2 is 1.53 bits per heavy atom. The summed E-state index contributed by atoms with van der Waals surface area (Å²) < 4.78 is 12.7. The van der Waals surface area contributed by atoms with Crippen LogP contribution in [-0.2, 0) is 9.98 Å². The smallest absolute Gasteiger partial charge is 0.136 e. The van der Waals surface area contributed by atoms with Crippen LogP contribution in [0, 0.1) is 0 Å². The lowest BCUT2D eigenvalue weighted by atomic mass is 9.87. The van der Waals surface area contributed by atoms with Gasteiger partial charge in [0.05, 0.1) is 0 Å². The van der Waals surface area contributed by atoms with Crippen LogP contribution in [0.25, 0.3) is 0 Å². The number of hydrogen-bond donors (Lipinski definition) is 1. The maximum atomic E-state index is 12.7. The lowest BCUT2D eigenvalue weighted by Gasteiger charge is -2.22. The molecule has 99 valence electrons. The summed E-state index contributed by atoms with van der Waals surface area (Å²) in [4.78, 5) is 0. The monoisotopic (exact) mass is 273 g/mol. The average molecular weight is 273 g/mol. The van der Waals surface area contributed by atoms with Gasteiger partial charge in [-0.05, 0) is 41.3 Å². The first-order valence-corrected chi connectivity index (χ1v) is 7.51. The van der Waals surface area contributed by atoms with Crippen molar-refractivity contribution in [1.82, 2.24) is 0 Å². The van der Waals surface area contributed by atoms with Gasteiger partial charge in [0, 0.05) is 10.6 Å². The Morgan fingerprint density at radius 1 is 0.947 bits per heavy atom. The summed E-state index contributed by atoms with van der Waals surface area (Å²) in [5.41, 5.74) is 1.06. The van der Waals surface area contributed by atoms with Crippen molar-refractivity contribution >= 4 is 18.4 Å². The molecule has 0 saturated carbocycles. The van der Waals surface area contributed by atoms with Crippen LogP contribution < -0.4 is 10.6 Å². The van der Waals surface area contributed by atoms with Gasteiger partial charge in [-0.25, -0.2) is 0 Å². The third-order valence-corrected chi connectivity index (χ3v) is 4.61. The maximum Gasteiger partial charge on any atom is 0.136 e. The molecule has 2 nitrogen and oxygen atoms in total. The third kappa shape index (κ3) is 3.02. The molecule has 0 aliphatic heterocycles. The minimum Gasteiger partial charge on any atom is -0.508 e. The molecule has 0 aliphatic rings. The summed E-state index contributed by atoms with van der Waals surface area (Å²) in [5, 5.41) is 10.9. The highest BCUT2D eigenvalue weighted by Crippen LogP contribution is 2.29. The summed E-state index contributed by atoms with van der Waals surface area (Å²) in [6, 6.07) is 14.4. The summed E-state index contributed by atoms with van der Waals surface area (Å²) >= 11 is 0. The Balaban J connectivity index is 2.48. The standard InChI is InChI=1S/C16H18O2P/c1-16(2,3)14-6-4-5-7-15(14)19(18)13-10-8-12(17)9-11-13/h4-11,17H,1-3H3. The molecule has 0 aromatic heterocycles. The van der Waals surface area contributed by atoms with Crippen molar-refractivity contribution < 1.29 is 9.67 Å². The van der Waals surface area contributed by atoms with E-state index in [-0.39, 0.29) is 11.2 Å². The fourth-order valence-electron chi connectivity index (χ4n) is 2.01. The van der Waals surface area contributed by atoms with Crippen molar-refractivity contribution in [2.75, 3.05) is 0 Å². The highest BCUT2D eigenvalue weighted by molar-refractivity contribution is 7.61. The molecular weight excluding hydrogens is 255 g/mol. The van der Waals surface area contributed by atoms with E-state index in [9.17, 15) is 9.67 Å². The van der Waals surface area contributed by atoms with Gasteiger partial charge in [-0.15, -0.1) is 0 Å². The van der Waals surface area contributed by atoms with E-state index in [0.29, 0.717) is 0 Å². The molecule has 0 amide bonds. The molecule has 1 unspecified atom stereocenters. The Labute approximate surface area is 114 Å². The third-order valence-electron chi connectivity index (χ3n) is 3.02. The zero-order valence-corrected chi connectivity index (χ0v) is 12.3. The lowest BCUT2D eigenvalue weighted by Crippen LogP contribution is -2.22. The van der Waals surface area contributed by atoms with E-state index in [1.807, 2.05) is 24.3 Å². The molecule has 3 heteroatoms.